The summed E-state index contributed by atoms with van der Waals surface area (Å²) < 4.78 is 0. The molecule has 0 atom stereocenters. The SMILES string of the molecule is C/C=C/C[N]C. The molecule has 0 fully saturated rings. The van der Waals surface area contributed by atoms with Crippen LogP contribution in [0.25, 0.3) is 0 Å². The first-order valence-corrected chi connectivity index (χ1v) is 2.08. The van der Waals surface area contributed by atoms with Crippen molar-refractivity contribution in [1.29, 1.82) is 0 Å². The number of allylic oxidation sites excluding steroid dienone is 1. The zero-order valence-corrected chi connectivity index (χ0v) is 4.31. The van der Waals surface area contributed by atoms with Crippen molar-refractivity contribution >= 4 is 0 Å². The van der Waals surface area contributed by atoms with Gasteiger partial charge in [-0.2, -0.15) is 0 Å². The van der Waals surface area contributed by atoms with Gasteiger partial charge in [0.15, 0.2) is 0 Å². The summed E-state index contributed by atoms with van der Waals surface area (Å²) in [5.74, 6) is 0. The summed E-state index contributed by atoms with van der Waals surface area (Å²) in [5.41, 5.74) is 0. The van der Waals surface area contributed by atoms with Gasteiger partial charge in [-0.3, -0.25) is 0 Å². The van der Waals surface area contributed by atoms with Crippen molar-refractivity contribution < 1.29 is 0 Å². The highest BCUT2D eigenvalue weighted by Gasteiger charge is 1.63. The molecule has 6 heavy (non-hydrogen) atoms. The number of rotatable bonds is 2. The summed E-state index contributed by atoms with van der Waals surface area (Å²) in [7, 11) is 1.81. The monoisotopic (exact) mass is 84.1 g/mol. The van der Waals surface area contributed by atoms with Crippen LogP contribution in [0.4, 0.5) is 0 Å². The smallest absolute Gasteiger partial charge is 0.0310 e. The third-order valence-electron chi connectivity index (χ3n) is 0.524. The first kappa shape index (κ1) is 5.70. The number of hydrogen-bond donors (Lipinski definition) is 0. The standard InChI is InChI=1S/C5H10N/c1-3-4-5-6-2/h3-4H,5H2,1-2H3/b4-3+. The molecule has 0 saturated heterocycles. The van der Waals surface area contributed by atoms with Gasteiger partial charge in [-0.25, -0.2) is 5.32 Å². The maximum absolute atomic E-state index is 3.84. The van der Waals surface area contributed by atoms with Crippen LogP contribution in [0.5, 0.6) is 0 Å². The van der Waals surface area contributed by atoms with Crippen LogP contribution in [0.3, 0.4) is 0 Å². The maximum atomic E-state index is 3.84. The van der Waals surface area contributed by atoms with Gasteiger partial charge >= 0.3 is 0 Å². The summed E-state index contributed by atoms with van der Waals surface area (Å²) in [5, 5.41) is 3.84. The highest BCUT2D eigenvalue weighted by Crippen LogP contribution is 1.63. The van der Waals surface area contributed by atoms with Gasteiger partial charge in [0.25, 0.3) is 0 Å². The third kappa shape index (κ3) is 3.70. The van der Waals surface area contributed by atoms with Gasteiger partial charge in [-0.05, 0) is 6.92 Å². The van der Waals surface area contributed by atoms with Crippen LogP contribution in [-0.2, 0) is 0 Å². The van der Waals surface area contributed by atoms with Crippen LogP contribution in [0.2, 0.25) is 0 Å². The number of nitrogens with zero attached hydrogens (tertiary/aromatic N) is 1. The van der Waals surface area contributed by atoms with Crippen molar-refractivity contribution in [2.75, 3.05) is 13.6 Å². The molecule has 1 nitrogen and oxygen atoms in total. The average molecular weight is 84.1 g/mol. The first-order valence-electron chi connectivity index (χ1n) is 2.08. The Morgan fingerprint density at radius 1 is 1.67 bits per heavy atom. The van der Waals surface area contributed by atoms with E-state index >= 15 is 0 Å². The zero-order chi connectivity index (χ0) is 4.83. The predicted octanol–water partition coefficient (Wildman–Crippen LogP) is 0.797. The number of hydrogen-bond acceptors (Lipinski definition) is 0. The number of likely N-dealkylation sites (N-methyl/N-ethyl adjacent to an activating group) is 1. The molecule has 0 aliphatic rings. The van der Waals surface area contributed by atoms with Gasteiger partial charge in [0.05, 0.1) is 0 Å². The summed E-state index contributed by atoms with van der Waals surface area (Å²) in [6.07, 6.45) is 4.01. The van der Waals surface area contributed by atoms with E-state index < -0.39 is 0 Å². The summed E-state index contributed by atoms with van der Waals surface area (Å²) in [6.45, 7) is 2.85. The van der Waals surface area contributed by atoms with Gasteiger partial charge in [-0.1, -0.05) is 12.2 Å². The average Bonchev–Trinajstić information content (AvgIpc) is 1.61. The van der Waals surface area contributed by atoms with Gasteiger partial charge in [0, 0.05) is 13.6 Å². The second kappa shape index (κ2) is 4.70. The van der Waals surface area contributed by atoms with Crippen LogP contribution in [0.1, 0.15) is 6.92 Å². The van der Waals surface area contributed by atoms with Gasteiger partial charge < -0.3 is 0 Å². The summed E-state index contributed by atoms with van der Waals surface area (Å²) >= 11 is 0. The summed E-state index contributed by atoms with van der Waals surface area (Å²) in [6, 6.07) is 0. The van der Waals surface area contributed by atoms with Crippen LogP contribution in [-0.4, -0.2) is 13.6 Å². The second-order valence-electron chi connectivity index (χ2n) is 1.07. The van der Waals surface area contributed by atoms with Crippen LogP contribution in [0.15, 0.2) is 12.2 Å². The molecule has 0 N–H and O–H groups in total. The fourth-order valence-corrected chi connectivity index (χ4v) is 0.211. The van der Waals surface area contributed by atoms with Crippen LogP contribution >= 0.6 is 0 Å². The molecule has 0 saturated carbocycles. The van der Waals surface area contributed by atoms with E-state index in [-0.39, 0.29) is 0 Å². The van der Waals surface area contributed by atoms with E-state index in [1.165, 1.54) is 0 Å². The quantitative estimate of drug-likeness (QED) is 0.439. The molecule has 0 aromatic heterocycles. The minimum Gasteiger partial charge on any atom is -0.241 e. The topological polar surface area (TPSA) is 14.1 Å². The molecule has 1 heteroatoms. The minimum atomic E-state index is 0.858. The van der Waals surface area contributed by atoms with Crippen molar-refractivity contribution in [1.82, 2.24) is 5.32 Å². The Hall–Kier alpha value is -0.300. The molecular weight excluding hydrogens is 74.1 g/mol. The van der Waals surface area contributed by atoms with E-state index in [9.17, 15) is 0 Å². The van der Waals surface area contributed by atoms with E-state index in [1.54, 1.807) is 7.05 Å². The van der Waals surface area contributed by atoms with Crippen LogP contribution < -0.4 is 5.32 Å². The van der Waals surface area contributed by atoms with Gasteiger partial charge in [-0.15, -0.1) is 0 Å². The fraction of sp³-hybridized carbons (Fsp3) is 0.600. The van der Waals surface area contributed by atoms with Crippen molar-refractivity contribution in [2.24, 2.45) is 0 Å². The Bertz CT molecular complexity index is 39.2. The molecule has 0 aliphatic heterocycles. The lowest BCUT2D eigenvalue weighted by Gasteiger charge is -1.78. The molecule has 0 aromatic carbocycles. The van der Waals surface area contributed by atoms with E-state index in [2.05, 4.69) is 5.32 Å². The lowest BCUT2D eigenvalue weighted by Crippen LogP contribution is -1.93. The molecule has 35 valence electrons. The van der Waals surface area contributed by atoms with Crippen molar-refractivity contribution in [3.63, 3.8) is 0 Å². The van der Waals surface area contributed by atoms with Crippen molar-refractivity contribution in [2.45, 2.75) is 6.92 Å². The van der Waals surface area contributed by atoms with E-state index in [0.717, 1.165) is 6.54 Å². The summed E-state index contributed by atoms with van der Waals surface area (Å²) in [4.78, 5) is 0. The molecule has 0 unspecified atom stereocenters. The molecule has 0 aliphatic carbocycles. The Labute approximate surface area is 39.1 Å². The normalized spacial score (nSPS) is 10.3. The zero-order valence-electron chi connectivity index (χ0n) is 4.31. The fourth-order valence-electron chi connectivity index (χ4n) is 0.211. The maximum Gasteiger partial charge on any atom is 0.0310 e. The highest BCUT2D eigenvalue weighted by atomic mass is 14.8. The van der Waals surface area contributed by atoms with Gasteiger partial charge in [0.2, 0.25) is 0 Å². The van der Waals surface area contributed by atoms with E-state index in [0.29, 0.717) is 0 Å². The third-order valence-corrected chi connectivity index (χ3v) is 0.524. The predicted molar refractivity (Wildman–Crippen MR) is 27.7 cm³/mol. The Morgan fingerprint density at radius 2 is 2.33 bits per heavy atom. The Kier molecular flexibility index (Phi) is 4.46. The minimum absolute atomic E-state index is 0.858. The van der Waals surface area contributed by atoms with E-state index in [1.807, 2.05) is 19.1 Å². The lowest BCUT2D eigenvalue weighted by atomic mass is 10.5. The van der Waals surface area contributed by atoms with Crippen LogP contribution in [0, 0.1) is 0 Å². The lowest BCUT2D eigenvalue weighted by molar-refractivity contribution is 0.898. The van der Waals surface area contributed by atoms with E-state index in [4.69, 9.17) is 0 Å². The largest absolute Gasteiger partial charge is 0.241 e. The second-order valence-corrected chi connectivity index (χ2v) is 1.07. The molecule has 0 rings (SSSR count). The molecular formula is C5H10N. The van der Waals surface area contributed by atoms with Crippen molar-refractivity contribution in [3.8, 4) is 0 Å². The highest BCUT2D eigenvalue weighted by molar-refractivity contribution is 4.77. The molecule has 0 aromatic rings. The first-order chi connectivity index (χ1) is 2.91. The Balaban J connectivity index is 2.66. The molecule has 0 amide bonds. The van der Waals surface area contributed by atoms with Crippen molar-refractivity contribution in [3.05, 3.63) is 12.2 Å². The molecule has 1 radical (unpaired) electrons. The van der Waals surface area contributed by atoms with Gasteiger partial charge in [0.1, 0.15) is 0 Å². The molecule has 0 bridgehead atoms. The Morgan fingerprint density at radius 3 is 2.50 bits per heavy atom. The molecule has 0 heterocycles. The molecule has 0 spiro atoms.